The fraction of sp³-hybridized carbons (Fsp3) is 0.556. The third-order valence-corrected chi connectivity index (χ3v) is 5.66. The van der Waals surface area contributed by atoms with Gasteiger partial charge < -0.3 is 5.32 Å². The maximum atomic E-state index is 3.65. The van der Waals surface area contributed by atoms with Gasteiger partial charge in [0.25, 0.3) is 0 Å². The molecule has 2 unspecified atom stereocenters. The van der Waals surface area contributed by atoms with Gasteiger partial charge in [-0.25, -0.2) is 0 Å². The maximum absolute atomic E-state index is 3.65. The molecule has 1 heterocycles. The maximum Gasteiger partial charge on any atom is 0.0346 e. The van der Waals surface area contributed by atoms with Crippen LogP contribution in [0.25, 0.3) is 10.1 Å². The second-order valence-electron chi connectivity index (χ2n) is 6.36. The minimum Gasteiger partial charge on any atom is -0.313 e. The molecule has 20 heavy (non-hydrogen) atoms. The molecule has 1 N–H and O–H groups in total. The number of thiophene rings is 1. The molecule has 2 atom stereocenters. The first kappa shape index (κ1) is 14.1. The van der Waals surface area contributed by atoms with E-state index in [1.807, 2.05) is 11.3 Å². The molecule has 2 heteroatoms. The zero-order chi connectivity index (χ0) is 13.8. The molecule has 1 aliphatic rings. The van der Waals surface area contributed by atoms with Gasteiger partial charge in [-0.15, -0.1) is 11.3 Å². The Kier molecular flexibility index (Phi) is 4.74. The lowest BCUT2D eigenvalue weighted by Crippen LogP contribution is -2.21. The quantitative estimate of drug-likeness (QED) is 0.745. The fourth-order valence-electron chi connectivity index (χ4n) is 3.52. The Labute approximate surface area is 126 Å². The van der Waals surface area contributed by atoms with E-state index in [-0.39, 0.29) is 0 Å². The molecule has 0 saturated heterocycles. The van der Waals surface area contributed by atoms with Crippen LogP contribution in [-0.4, -0.2) is 6.54 Å². The van der Waals surface area contributed by atoms with E-state index in [0.29, 0.717) is 0 Å². The molecule has 1 fully saturated rings. The number of hydrogen-bond donors (Lipinski definition) is 1. The van der Waals surface area contributed by atoms with Gasteiger partial charge in [0.1, 0.15) is 0 Å². The van der Waals surface area contributed by atoms with Gasteiger partial charge in [-0.3, -0.25) is 0 Å². The Hall–Kier alpha value is -0.860. The summed E-state index contributed by atoms with van der Waals surface area (Å²) in [4.78, 5) is 0. The molecule has 0 aliphatic heterocycles. The van der Waals surface area contributed by atoms with Crippen molar-refractivity contribution in [2.45, 2.75) is 45.6 Å². The summed E-state index contributed by atoms with van der Waals surface area (Å²) >= 11 is 1.86. The monoisotopic (exact) mass is 287 g/mol. The van der Waals surface area contributed by atoms with E-state index < -0.39 is 0 Å². The van der Waals surface area contributed by atoms with Crippen LogP contribution in [0.3, 0.4) is 0 Å². The SMILES string of the molecule is CC1CCCC(CCNCc2csc3ccccc23)C1. The first-order valence-electron chi connectivity index (χ1n) is 7.99. The van der Waals surface area contributed by atoms with Crippen molar-refractivity contribution in [3.8, 4) is 0 Å². The van der Waals surface area contributed by atoms with Gasteiger partial charge in [0.05, 0.1) is 0 Å². The number of benzene rings is 1. The van der Waals surface area contributed by atoms with Crippen molar-refractivity contribution < 1.29 is 0 Å². The standard InChI is InChI=1S/C18H25NS/c1-14-5-4-6-15(11-14)9-10-19-12-16-13-20-18-8-3-2-7-17(16)18/h2-3,7-8,13-15,19H,4-6,9-12H2,1H3. The zero-order valence-electron chi connectivity index (χ0n) is 12.4. The van der Waals surface area contributed by atoms with Gasteiger partial charge in [-0.05, 0) is 53.6 Å². The van der Waals surface area contributed by atoms with Gasteiger partial charge in [0.15, 0.2) is 0 Å². The number of rotatable bonds is 5. The molecule has 1 aromatic carbocycles. The highest BCUT2D eigenvalue weighted by Crippen LogP contribution is 2.30. The molecule has 0 radical (unpaired) electrons. The smallest absolute Gasteiger partial charge is 0.0346 e. The van der Waals surface area contributed by atoms with Crippen molar-refractivity contribution in [2.24, 2.45) is 11.8 Å². The summed E-state index contributed by atoms with van der Waals surface area (Å²) in [6.07, 6.45) is 7.15. The summed E-state index contributed by atoms with van der Waals surface area (Å²) in [7, 11) is 0. The van der Waals surface area contributed by atoms with Crippen LogP contribution in [0.4, 0.5) is 0 Å². The number of hydrogen-bond acceptors (Lipinski definition) is 2. The third-order valence-electron chi connectivity index (χ3n) is 4.65. The summed E-state index contributed by atoms with van der Waals surface area (Å²) < 4.78 is 1.41. The van der Waals surface area contributed by atoms with Gasteiger partial charge >= 0.3 is 0 Å². The molecule has 1 nitrogen and oxygen atoms in total. The number of nitrogens with one attached hydrogen (secondary N) is 1. The van der Waals surface area contributed by atoms with Crippen LogP contribution in [0.2, 0.25) is 0 Å². The van der Waals surface area contributed by atoms with E-state index in [1.165, 1.54) is 54.3 Å². The summed E-state index contributed by atoms with van der Waals surface area (Å²) in [5, 5.41) is 7.38. The lowest BCUT2D eigenvalue weighted by Gasteiger charge is -2.26. The van der Waals surface area contributed by atoms with Crippen molar-refractivity contribution in [1.29, 1.82) is 0 Å². The minimum atomic E-state index is 0.953. The van der Waals surface area contributed by atoms with Crippen LogP contribution in [0.15, 0.2) is 29.6 Å². The first-order chi connectivity index (χ1) is 9.83. The molecule has 1 saturated carbocycles. The zero-order valence-corrected chi connectivity index (χ0v) is 13.2. The molecule has 0 amide bonds. The van der Waals surface area contributed by atoms with Crippen LogP contribution >= 0.6 is 11.3 Å². The topological polar surface area (TPSA) is 12.0 Å². The van der Waals surface area contributed by atoms with Crippen LogP contribution in [0, 0.1) is 11.8 Å². The highest BCUT2D eigenvalue weighted by molar-refractivity contribution is 7.17. The average Bonchev–Trinajstić information content (AvgIpc) is 2.87. The highest BCUT2D eigenvalue weighted by Gasteiger charge is 2.18. The number of fused-ring (bicyclic) bond motifs is 1. The highest BCUT2D eigenvalue weighted by atomic mass is 32.1. The molecule has 1 aromatic heterocycles. The Morgan fingerprint density at radius 3 is 3.05 bits per heavy atom. The molecule has 1 aliphatic carbocycles. The summed E-state index contributed by atoms with van der Waals surface area (Å²) in [6, 6.07) is 8.72. The molecular formula is C18H25NS. The normalized spacial score (nSPS) is 23.2. The summed E-state index contributed by atoms with van der Waals surface area (Å²) in [6.45, 7) is 4.60. The molecule has 2 aromatic rings. The van der Waals surface area contributed by atoms with E-state index in [2.05, 4.69) is 41.9 Å². The predicted molar refractivity (Wildman–Crippen MR) is 89.3 cm³/mol. The minimum absolute atomic E-state index is 0.953. The van der Waals surface area contributed by atoms with Crippen LogP contribution in [0.1, 0.15) is 44.6 Å². The average molecular weight is 287 g/mol. The van der Waals surface area contributed by atoms with Crippen molar-refractivity contribution in [1.82, 2.24) is 5.32 Å². The Bertz CT molecular complexity index is 545. The first-order valence-corrected chi connectivity index (χ1v) is 8.86. The van der Waals surface area contributed by atoms with Crippen molar-refractivity contribution in [3.63, 3.8) is 0 Å². The van der Waals surface area contributed by atoms with Gasteiger partial charge in [0, 0.05) is 11.2 Å². The van der Waals surface area contributed by atoms with Gasteiger partial charge in [-0.1, -0.05) is 44.4 Å². The van der Waals surface area contributed by atoms with E-state index in [1.54, 1.807) is 0 Å². The van der Waals surface area contributed by atoms with Crippen molar-refractivity contribution >= 4 is 21.4 Å². The van der Waals surface area contributed by atoms with E-state index in [4.69, 9.17) is 0 Å². The fourth-order valence-corrected chi connectivity index (χ4v) is 4.48. The molecule has 0 spiro atoms. The van der Waals surface area contributed by atoms with Gasteiger partial charge in [-0.2, -0.15) is 0 Å². The molecule has 3 rings (SSSR count). The van der Waals surface area contributed by atoms with E-state index in [0.717, 1.165) is 18.4 Å². The lowest BCUT2D eigenvalue weighted by atomic mass is 9.81. The van der Waals surface area contributed by atoms with Gasteiger partial charge in [0.2, 0.25) is 0 Å². The summed E-state index contributed by atoms with van der Waals surface area (Å²) in [5.41, 5.74) is 1.46. The molecular weight excluding hydrogens is 262 g/mol. The van der Waals surface area contributed by atoms with Crippen LogP contribution in [-0.2, 0) is 6.54 Å². The Morgan fingerprint density at radius 1 is 1.25 bits per heavy atom. The van der Waals surface area contributed by atoms with E-state index in [9.17, 15) is 0 Å². The van der Waals surface area contributed by atoms with E-state index >= 15 is 0 Å². The second-order valence-corrected chi connectivity index (χ2v) is 7.27. The van der Waals surface area contributed by atoms with Crippen LogP contribution < -0.4 is 5.32 Å². The molecule has 0 bridgehead atoms. The van der Waals surface area contributed by atoms with Crippen LogP contribution in [0.5, 0.6) is 0 Å². The second kappa shape index (κ2) is 6.73. The predicted octanol–water partition coefficient (Wildman–Crippen LogP) is 5.21. The van der Waals surface area contributed by atoms with Crippen molar-refractivity contribution in [2.75, 3.05) is 6.54 Å². The van der Waals surface area contributed by atoms with Crippen molar-refractivity contribution in [3.05, 3.63) is 35.2 Å². The summed E-state index contributed by atoms with van der Waals surface area (Å²) in [5.74, 6) is 1.92. The Morgan fingerprint density at radius 2 is 2.15 bits per heavy atom. The third kappa shape index (κ3) is 3.42. The Balaban J connectivity index is 1.46. The lowest BCUT2D eigenvalue weighted by molar-refractivity contribution is 0.267. The molecule has 108 valence electrons. The largest absolute Gasteiger partial charge is 0.313 e.